The van der Waals surface area contributed by atoms with E-state index in [0.29, 0.717) is 29.2 Å². The zero-order chi connectivity index (χ0) is 25.1. The summed E-state index contributed by atoms with van der Waals surface area (Å²) >= 11 is 0. The average Bonchev–Trinajstić information content (AvgIpc) is 3.43. The molecule has 0 radical (unpaired) electrons. The van der Waals surface area contributed by atoms with Crippen LogP contribution in [-0.4, -0.2) is 50.1 Å². The van der Waals surface area contributed by atoms with Gasteiger partial charge in [-0.15, -0.1) is 0 Å². The maximum atomic E-state index is 13.8. The van der Waals surface area contributed by atoms with Gasteiger partial charge in [0.05, 0.1) is 24.6 Å². The Bertz CT molecular complexity index is 1270. The van der Waals surface area contributed by atoms with Gasteiger partial charge in [0.2, 0.25) is 0 Å². The van der Waals surface area contributed by atoms with E-state index in [1.165, 1.54) is 6.33 Å². The number of fused-ring (bicyclic) bond motifs is 1. The molecule has 3 aromatic rings. The van der Waals surface area contributed by atoms with Gasteiger partial charge in [0.25, 0.3) is 0 Å². The molecule has 0 amide bonds. The van der Waals surface area contributed by atoms with Gasteiger partial charge in [-0.3, -0.25) is 9.36 Å². The molecule has 1 aliphatic rings. The van der Waals surface area contributed by atoms with Gasteiger partial charge in [0.1, 0.15) is 30.0 Å². The van der Waals surface area contributed by atoms with Crippen LogP contribution in [0.25, 0.3) is 11.2 Å². The van der Waals surface area contributed by atoms with Gasteiger partial charge >= 0.3 is 13.5 Å². The smallest absolute Gasteiger partial charge is 0.342 e. The highest BCUT2D eigenvalue weighted by atomic mass is 31.2. The van der Waals surface area contributed by atoms with E-state index in [0.717, 1.165) is 0 Å². The van der Waals surface area contributed by atoms with Crippen LogP contribution in [0.3, 0.4) is 0 Å². The number of benzene rings is 1. The number of aromatic nitrogens is 4. The van der Waals surface area contributed by atoms with Crippen LogP contribution in [0.1, 0.15) is 33.2 Å². The molecule has 1 aromatic carbocycles. The van der Waals surface area contributed by atoms with Crippen LogP contribution in [0.15, 0.2) is 55.1 Å². The number of carbonyl (C=O) groups is 1. The van der Waals surface area contributed by atoms with Crippen molar-refractivity contribution < 1.29 is 23.4 Å². The zero-order valence-corrected chi connectivity index (χ0v) is 20.7. The largest absolute Gasteiger partial charge is 0.465 e. The summed E-state index contributed by atoms with van der Waals surface area (Å²) in [5, 5.41) is 2.80. The van der Waals surface area contributed by atoms with Gasteiger partial charge in [-0.2, -0.15) is 0 Å². The molecule has 2 aromatic heterocycles. The van der Waals surface area contributed by atoms with Gasteiger partial charge in [0.15, 0.2) is 11.5 Å². The topological polar surface area (TPSA) is 143 Å². The van der Waals surface area contributed by atoms with E-state index in [4.69, 9.17) is 19.7 Å². The second kappa shape index (κ2) is 10.2. The van der Waals surface area contributed by atoms with Gasteiger partial charge < -0.3 is 24.3 Å². The molecule has 4 rings (SSSR count). The standard InChI is InChI=1S/C23H29N6O5P/c1-4-32-22(30)16(2)28-35(31,34-18-8-6-5-7-9-18)15-33-23(3)11-10-17(12-23)29-14-27-19-20(24)25-13-26-21(19)29/h5-11,13-14,16-17H,4,12,15H2,1-3H3,(H,28,31)(H2,24,25,26)/t16-,17-,23+,35+/m0/s1. The number of allylic oxidation sites excluding steroid dienone is 1. The molecule has 2 heterocycles. The third kappa shape index (κ3) is 5.70. The normalized spacial score (nSPS) is 22.1. The van der Waals surface area contributed by atoms with E-state index < -0.39 is 25.1 Å². The predicted molar refractivity (Wildman–Crippen MR) is 131 cm³/mol. The summed E-state index contributed by atoms with van der Waals surface area (Å²) in [7, 11) is -3.66. The fourth-order valence-electron chi connectivity index (χ4n) is 3.87. The first-order chi connectivity index (χ1) is 16.7. The van der Waals surface area contributed by atoms with Crippen molar-refractivity contribution in [2.24, 2.45) is 0 Å². The number of esters is 1. The first-order valence-electron chi connectivity index (χ1n) is 11.3. The quantitative estimate of drug-likeness (QED) is 0.241. The third-order valence-electron chi connectivity index (χ3n) is 5.62. The molecule has 12 heteroatoms. The number of imidazole rings is 1. The van der Waals surface area contributed by atoms with Crippen molar-refractivity contribution in [2.75, 3.05) is 18.7 Å². The number of nitrogen functional groups attached to an aromatic ring is 1. The Morgan fingerprint density at radius 1 is 1.31 bits per heavy atom. The molecule has 11 nitrogen and oxygen atoms in total. The summed E-state index contributed by atoms with van der Waals surface area (Å²) in [4.78, 5) is 24.8. The molecule has 35 heavy (non-hydrogen) atoms. The lowest BCUT2D eigenvalue weighted by Gasteiger charge is -2.29. The molecule has 0 bridgehead atoms. The Morgan fingerprint density at radius 3 is 2.83 bits per heavy atom. The Labute approximate surface area is 203 Å². The second-order valence-corrected chi connectivity index (χ2v) is 10.5. The van der Waals surface area contributed by atoms with Crippen molar-refractivity contribution in [1.29, 1.82) is 0 Å². The van der Waals surface area contributed by atoms with Crippen LogP contribution >= 0.6 is 7.52 Å². The molecule has 0 saturated heterocycles. The van der Waals surface area contributed by atoms with Crippen molar-refractivity contribution in [1.82, 2.24) is 24.6 Å². The van der Waals surface area contributed by atoms with Crippen LogP contribution in [-0.2, 0) is 18.8 Å². The van der Waals surface area contributed by atoms with Crippen molar-refractivity contribution in [3.8, 4) is 5.75 Å². The first kappa shape index (κ1) is 24.8. The lowest BCUT2D eigenvalue weighted by Crippen LogP contribution is -2.37. The predicted octanol–water partition coefficient (Wildman–Crippen LogP) is 3.46. The molecule has 0 saturated carbocycles. The summed E-state index contributed by atoms with van der Waals surface area (Å²) in [5.41, 5.74) is 6.32. The number of nitrogens with zero attached hydrogens (tertiary/aromatic N) is 4. The van der Waals surface area contributed by atoms with E-state index in [9.17, 15) is 9.36 Å². The molecular formula is C23H29N6O5P. The summed E-state index contributed by atoms with van der Waals surface area (Å²) in [6, 6.07) is 7.80. The number of ether oxygens (including phenoxy) is 2. The van der Waals surface area contributed by atoms with Crippen LogP contribution in [0.4, 0.5) is 5.82 Å². The minimum atomic E-state index is -3.66. The Balaban J connectivity index is 1.48. The SMILES string of the molecule is CCOC(=O)[C@H](C)N[P@@](=O)(CO[C@]1(C)C=C[C@H](n2cnc3c(N)ncnc32)C1)Oc1ccccc1. The fourth-order valence-corrected chi connectivity index (χ4v) is 5.67. The minimum absolute atomic E-state index is 0.0971. The third-order valence-corrected chi connectivity index (χ3v) is 7.38. The number of para-hydroxylation sites is 1. The first-order valence-corrected chi connectivity index (χ1v) is 13.1. The van der Waals surface area contributed by atoms with Crippen molar-refractivity contribution in [2.45, 2.75) is 44.9 Å². The van der Waals surface area contributed by atoms with E-state index >= 15 is 0 Å². The molecule has 4 atom stereocenters. The Kier molecular flexibility index (Phi) is 7.20. The second-order valence-electron chi connectivity index (χ2n) is 8.48. The molecule has 186 valence electrons. The number of anilines is 1. The molecule has 3 N–H and O–H groups in total. The van der Waals surface area contributed by atoms with Crippen LogP contribution < -0.4 is 15.3 Å². The minimum Gasteiger partial charge on any atom is -0.465 e. The number of carbonyl (C=O) groups excluding carboxylic acids is 1. The van der Waals surface area contributed by atoms with Crippen LogP contribution in [0.5, 0.6) is 5.75 Å². The summed E-state index contributed by atoms with van der Waals surface area (Å²) in [6.07, 6.45) is 7.24. The van der Waals surface area contributed by atoms with Gasteiger partial charge in [-0.1, -0.05) is 30.4 Å². The van der Waals surface area contributed by atoms with Gasteiger partial charge in [-0.25, -0.2) is 20.0 Å². The van der Waals surface area contributed by atoms with E-state index in [2.05, 4.69) is 20.0 Å². The molecule has 1 aliphatic carbocycles. The summed E-state index contributed by atoms with van der Waals surface area (Å²) in [6.45, 7) is 5.40. The highest BCUT2D eigenvalue weighted by Crippen LogP contribution is 2.46. The maximum absolute atomic E-state index is 13.8. The molecule has 0 aliphatic heterocycles. The maximum Gasteiger partial charge on any atom is 0.342 e. The number of nitrogens with two attached hydrogens (primary N) is 1. The van der Waals surface area contributed by atoms with Crippen molar-refractivity contribution in [3.05, 3.63) is 55.1 Å². The fraction of sp³-hybridized carbons (Fsp3) is 0.391. The number of hydrogen-bond donors (Lipinski definition) is 2. The molecule has 0 fully saturated rings. The van der Waals surface area contributed by atoms with Crippen molar-refractivity contribution >= 4 is 30.5 Å². The average molecular weight is 500 g/mol. The molecular weight excluding hydrogens is 471 g/mol. The Hall–Kier alpha value is -3.27. The highest BCUT2D eigenvalue weighted by molar-refractivity contribution is 7.57. The van der Waals surface area contributed by atoms with Crippen LogP contribution in [0.2, 0.25) is 0 Å². The van der Waals surface area contributed by atoms with Crippen molar-refractivity contribution in [3.63, 3.8) is 0 Å². The lowest BCUT2D eigenvalue weighted by molar-refractivity contribution is -0.144. The zero-order valence-electron chi connectivity index (χ0n) is 19.8. The van der Waals surface area contributed by atoms with Gasteiger partial charge in [0, 0.05) is 6.42 Å². The van der Waals surface area contributed by atoms with E-state index in [-0.39, 0.29) is 19.0 Å². The summed E-state index contributed by atoms with van der Waals surface area (Å²) in [5.74, 6) is 0.190. The van der Waals surface area contributed by atoms with E-state index in [1.54, 1.807) is 44.4 Å². The highest BCUT2D eigenvalue weighted by Gasteiger charge is 2.38. The number of nitrogens with one attached hydrogen (secondary N) is 1. The van der Waals surface area contributed by atoms with Gasteiger partial charge in [-0.05, 0) is 32.9 Å². The molecule has 0 unspecified atom stereocenters. The van der Waals surface area contributed by atoms with Crippen LogP contribution in [0, 0.1) is 0 Å². The Morgan fingerprint density at radius 2 is 2.09 bits per heavy atom. The molecule has 0 spiro atoms. The lowest BCUT2D eigenvalue weighted by atomic mass is 10.1. The monoisotopic (exact) mass is 500 g/mol. The number of hydrogen-bond acceptors (Lipinski definition) is 9. The number of rotatable bonds is 10. The summed E-state index contributed by atoms with van der Waals surface area (Å²) < 4.78 is 32.7. The van der Waals surface area contributed by atoms with E-state index in [1.807, 2.05) is 29.7 Å².